The number of hydrogen-bond donors (Lipinski definition) is 1. The van der Waals surface area contributed by atoms with Crippen LogP contribution < -0.4 is 10.5 Å². The standard InChI is InChI=1S/C18H18N2O/c1-21-16-6-2-4-13(10-16)11-17(19)15-8-7-14-5-3-9-20-18(14)12-15/h2-10,12,17H,11,19H2,1H3. The third-order valence-electron chi connectivity index (χ3n) is 3.65. The zero-order valence-corrected chi connectivity index (χ0v) is 12.0. The van der Waals surface area contributed by atoms with Crippen LogP contribution in [0.4, 0.5) is 0 Å². The zero-order chi connectivity index (χ0) is 14.7. The fraction of sp³-hybridized carbons (Fsp3) is 0.167. The minimum Gasteiger partial charge on any atom is -0.497 e. The van der Waals surface area contributed by atoms with E-state index in [9.17, 15) is 0 Å². The highest BCUT2D eigenvalue weighted by Crippen LogP contribution is 2.22. The third kappa shape index (κ3) is 3.03. The van der Waals surface area contributed by atoms with E-state index in [0.29, 0.717) is 0 Å². The molecule has 3 aromatic rings. The molecule has 0 aliphatic carbocycles. The molecule has 0 saturated heterocycles. The number of benzene rings is 2. The van der Waals surface area contributed by atoms with Crippen LogP contribution in [0.1, 0.15) is 17.2 Å². The summed E-state index contributed by atoms with van der Waals surface area (Å²) >= 11 is 0. The number of methoxy groups -OCH3 is 1. The Bertz CT molecular complexity index is 755. The van der Waals surface area contributed by atoms with Gasteiger partial charge in [-0.2, -0.15) is 0 Å². The predicted octanol–water partition coefficient (Wildman–Crippen LogP) is 3.49. The van der Waals surface area contributed by atoms with Gasteiger partial charge in [-0.05, 0) is 41.8 Å². The third-order valence-corrected chi connectivity index (χ3v) is 3.65. The van der Waals surface area contributed by atoms with Gasteiger partial charge in [-0.25, -0.2) is 0 Å². The lowest BCUT2D eigenvalue weighted by molar-refractivity contribution is 0.414. The quantitative estimate of drug-likeness (QED) is 0.794. The van der Waals surface area contributed by atoms with Crippen molar-refractivity contribution in [2.75, 3.05) is 7.11 Å². The van der Waals surface area contributed by atoms with Gasteiger partial charge in [0.15, 0.2) is 0 Å². The summed E-state index contributed by atoms with van der Waals surface area (Å²) in [5.74, 6) is 0.861. The first kappa shape index (κ1) is 13.6. The number of pyridine rings is 1. The molecule has 2 N–H and O–H groups in total. The van der Waals surface area contributed by atoms with E-state index >= 15 is 0 Å². The van der Waals surface area contributed by atoms with Gasteiger partial charge in [0.25, 0.3) is 0 Å². The molecule has 0 fully saturated rings. The van der Waals surface area contributed by atoms with E-state index in [1.165, 1.54) is 5.56 Å². The van der Waals surface area contributed by atoms with Crippen molar-refractivity contribution in [3.05, 3.63) is 71.9 Å². The summed E-state index contributed by atoms with van der Waals surface area (Å²) in [5, 5.41) is 1.13. The van der Waals surface area contributed by atoms with Crippen molar-refractivity contribution < 1.29 is 4.74 Å². The lowest BCUT2D eigenvalue weighted by Crippen LogP contribution is -2.13. The van der Waals surface area contributed by atoms with Gasteiger partial charge in [0.05, 0.1) is 12.6 Å². The van der Waals surface area contributed by atoms with Gasteiger partial charge < -0.3 is 10.5 Å². The van der Waals surface area contributed by atoms with Gasteiger partial charge in [-0.15, -0.1) is 0 Å². The first-order valence-electron chi connectivity index (χ1n) is 6.99. The number of aromatic nitrogens is 1. The fourth-order valence-corrected chi connectivity index (χ4v) is 2.49. The average molecular weight is 278 g/mol. The highest BCUT2D eigenvalue weighted by molar-refractivity contribution is 5.79. The monoisotopic (exact) mass is 278 g/mol. The summed E-state index contributed by atoms with van der Waals surface area (Å²) in [6.45, 7) is 0. The molecule has 0 aliphatic heterocycles. The highest BCUT2D eigenvalue weighted by Gasteiger charge is 2.09. The van der Waals surface area contributed by atoms with Crippen LogP contribution in [0, 0.1) is 0 Å². The maximum atomic E-state index is 6.34. The molecule has 3 rings (SSSR count). The lowest BCUT2D eigenvalue weighted by Gasteiger charge is -2.13. The van der Waals surface area contributed by atoms with Crippen molar-refractivity contribution in [1.82, 2.24) is 4.98 Å². The van der Waals surface area contributed by atoms with E-state index in [0.717, 1.165) is 28.6 Å². The number of nitrogens with two attached hydrogens (primary N) is 1. The summed E-state index contributed by atoms with van der Waals surface area (Å²) in [4.78, 5) is 4.38. The molecule has 1 atom stereocenters. The lowest BCUT2D eigenvalue weighted by atomic mass is 9.98. The van der Waals surface area contributed by atoms with E-state index in [4.69, 9.17) is 10.5 Å². The van der Waals surface area contributed by atoms with Crippen LogP contribution in [0.3, 0.4) is 0 Å². The van der Waals surface area contributed by atoms with Gasteiger partial charge in [-0.3, -0.25) is 4.98 Å². The Hall–Kier alpha value is -2.39. The normalized spacial score (nSPS) is 12.3. The maximum Gasteiger partial charge on any atom is 0.119 e. The molecule has 1 heterocycles. The number of fused-ring (bicyclic) bond motifs is 1. The van der Waals surface area contributed by atoms with Crippen LogP contribution in [0.15, 0.2) is 60.8 Å². The Balaban J connectivity index is 1.84. The predicted molar refractivity (Wildman–Crippen MR) is 85.4 cm³/mol. The van der Waals surface area contributed by atoms with E-state index in [2.05, 4.69) is 35.3 Å². The number of hydrogen-bond acceptors (Lipinski definition) is 3. The van der Waals surface area contributed by atoms with Gasteiger partial charge in [-0.1, -0.05) is 30.3 Å². The zero-order valence-electron chi connectivity index (χ0n) is 12.0. The minimum absolute atomic E-state index is 0.0523. The van der Waals surface area contributed by atoms with Crippen molar-refractivity contribution >= 4 is 10.9 Å². The van der Waals surface area contributed by atoms with E-state index < -0.39 is 0 Å². The molecule has 106 valence electrons. The van der Waals surface area contributed by atoms with E-state index in [-0.39, 0.29) is 6.04 Å². The second-order valence-corrected chi connectivity index (χ2v) is 5.12. The van der Waals surface area contributed by atoms with Crippen molar-refractivity contribution in [3.8, 4) is 5.75 Å². The number of nitrogens with zero attached hydrogens (tertiary/aromatic N) is 1. The van der Waals surface area contributed by atoms with Crippen molar-refractivity contribution in [3.63, 3.8) is 0 Å². The van der Waals surface area contributed by atoms with Gasteiger partial charge in [0, 0.05) is 17.6 Å². The van der Waals surface area contributed by atoms with Crippen LogP contribution in [-0.4, -0.2) is 12.1 Å². The largest absolute Gasteiger partial charge is 0.497 e. The molecule has 0 saturated carbocycles. The van der Waals surface area contributed by atoms with Crippen molar-refractivity contribution in [1.29, 1.82) is 0 Å². The van der Waals surface area contributed by atoms with Crippen molar-refractivity contribution in [2.45, 2.75) is 12.5 Å². The van der Waals surface area contributed by atoms with Crippen LogP contribution >= 0.6 is 0 Å². The maximum absolute atomic E-state index is 6.34. The molecular formula is C18H18N2O. The number of rotatable bonds is 4. The molecule has 3 heteroatoms. The van der Waals surface area contributed by atoms with Crippen LogP contribution in [-0.2, 0) is 6.42 Å². The molecule has 3 nitrogen and oxygen atoms in total. The van der Waals surface area contributed by atoms with Gasteiger partial charge in [0.2, 0.25) is 0 Å². The highest BCUT2D eigenvalue weighted by atomic mass is 16.5. The summed E-state index contributed by atoms with van der Waals surface area (Å²) in [7, 11) is 1.67. The molecule has 1 unspecified atom stereocenters. The second kappa shape index (κ2) is 5.94. The fourth-order valence-electron chi connectivity index (χ4n) is 2.49. The second-order valence-electron chi connectivity index (χ2n) is 5.12. The van der Waals surface area contributed by atoms with E-state index in [1.807, 2.05) is 24.3 Å². The first-order valence-corrected chi connectivity index (χ1v) is 6.99. The molecule has 1 aromatic heterocycles. The van der Waals surface area contributed by atoms with Gasteiger partial charge in [0.1, 0.15) is 5.75 Å². The van der Waals surface area contributed by atoms with Crippen LogP contribution in [0.2, 0.25) is 0 Å². The van der Waals surface area contributed by atoms with Crippen LogP contribution in [0.25, 0.3) is 10.9 Å². The summed E-state index contributed by atoms with van der Waals surface area (Å²) in [6, 6.07) is 18.2. The van der Waals surface area contributed by atoms with E-state index in [1.54, 1.807) is 13.3 Å². The first-order chi connectivity index (χ1) is 10.3. The molecule has 0 amide bonds. The molecular weight excluding hydrogens is 260 g/mol. The Morgan fingerprint density at radius 1 is 1.10 bits per heavy atom. The average Bonchev–Trinajstić information content (AvgIpc) is 2.54. The minimum atomic E-state index is -0.0523. The Morgan fingerprint density at radius 3 is 2.86 bits per heavy atom. The Labute approximate surface area is 124 Å². The molecule has 21 heavy (non-hydrogen) atoms. The molecule has 0 aliphatic rings. The van der Waals surface area contributed by atoms with Gasteiger partial charge >= 0.3 is 0 Å². The molecule has 0 spiro atoms. The molecule has 0 bridgehead atoms. The molecule has 2 aromatic carbocycles. The summed E-state index contributed by atoms with van der Waals surface area (Å²) in [5.41, 5.74) is 9.59. The summed E-state index contributed by atoms with van der Waals surface area (Å²) in [6.07, 6.45) is 2.58. The SMILES string of the molecule is COc1cccc(CC(N)c2ccc3cccnc3c2)c1. The Morgan fingerprint density at radius 2 is 2.00 bits per heavy atom. The number of ether oxygens (including phenoxy) is 1. The smallest absolute Gasteiger partial charge is 0.119 e. The molecule has 0 radical (unpaired) electrons. The topological polar surface area (TPSA) is 48.1 Å². The summed E-state index contributed by atoms with van der Waals surface area (Å²) < 4.78 is 5.25. The van der Waals surface area contributed by atoms with Crippen molar-refractivity contribution in [2.24, 2.45) is 5.73 Å². The van der Waals surface area contributed by atoms with Crippen LogP contribution in [0.5, 0.6) is 5.75 Å². The Kier molecular flexibility index (Phi) is 3.84.